The van der Waals surface area contributed by atoms with Crippen molar-refractivity contribution in [2.75, 3.05) is 13.1 Å². The topological polar surface area (TPSA) is 97.2 Å². The number of amides is 2. The Balaban J connectivity index is 1.54. The van der Waals surface area contributed by atoms with Gasteiger partial charge in [-0.15, -0.1) is 5.10 Å². The van der Waals surface area contributed by atoms with E-state index in [-0.39, 0.29) is 30.0 Å². The molecule has 0 unspecified atom stereocenters. The van der Waals surface area contributed by atoms with Crippen molar-refractivity contribution in [3.05, 3.63) is 34.6 Å². The smallest absolute Gasteiger partial charge is 0.278 e. The maximum absolute atomic E-state index is 12.4. The first-order valence-corrected chi connectivity index (χ1v) is 9.33. The van der Waals surface area contributed by atoms with E-state index in [2.05, 4.69) is 15.6 Å². The van der Waals surface area contributed by atoms with Crippen molar-refractivity contribution in [2.45, 2.75) is 45.7 Å². The van der Waals surface area contributed by atoms with E-state index in [0.29, 0.717) is 49.2 Å². The van der Waals surface area contributed by atoms with Gasteiger partial charge >= 0.3 is 0 Å². The quantitative estimate of drug-likeness (QED) is 0.844. The number of likely N-dealkylation sites (tertiary alicyclic amines) is 1. The van der Waals surface area contributed by atoms with Crippen molar-refractivity contribution >= 4 is 22.7 Å². The van der Waals surface area contributed by atoms with Gasteiger partial charge in [-0.05, 0) is 30.9 Å². The van der Waals surface area contributed by atoms with E-state index in [1.807, 2.05) is 18.7 Å². The molecule has 1 aromatic heterocycles. The van der Waals surface area contributed by atoms with E-state index in [9.17, 15) is 14.4 Å². The molecule has 3 rings (SSSR count). The first-order valence-electron chi connectivity index (χ1n) is 9.33. The SMILES string of the molecule is CC(C)CC(=O)N1CCC(NC(=O)Cn2nnc3ccccc3c2=O)CC1. The Labute approximate surface area is 157 Å². The van der Waals surface area contributed by atoms with Crippen LogP contribution in [0.2, 0.25) is 0 Å². The van der Waals surface area contributed by atoms with Crippen molar-refractivity contribution in [2.24, 2.45) is 5.92 Å². The van der Waals surface area contributed by atoms with E-state index in [1.54, 1.807) is 24.3 Å². The maximum Gasteiger partial charge on any atom is 0.278 e. The summed E-state index contributed by atoms with van der Waals surface area (Å²) in [6.45, 7) is 5.19. The normalized spacial score (nSPS) is 15.3. The van der Waals surface area contributed by atoms with Crippen molar-refractivity contribution in [1.29, 1.82) is 0 Å². The minimum atomic E-state index is -0.329. The Morgan fingerprint density at radius 3 is 2.63 bits per heavy atom. The number of carbonyl (C=O) groups excluding carboxylic acids is 2. The second-order valence-corrected chi connectivity index (χ2v) is 7.39. The molecule has 1 aliphatic heterocycles. The van der Waals surface area contributed by atoms with E-state index in [1.165, 1.54) is 0 Å². The summed E-state index contributed by atoms with van der Waals surface area (Å²) in [7, 11) is 0. The zero-order valence-electron chi connectivity index (χ0n) is 15.7. The largest absolute Gasteiger partial charge is 0.352 e. The van der Waals surface area contributed by atoms with E-state index in [0.717, 1.165) is 4.68 Å². The fourth-order valence-electron chi connectivity index (χ4n) is 3.29. The van der Waals surface area contributed by atoms with Crippen LogP contribution in [0.5, 0.6) is 0 Å². The van der Waals surface area contributed by atoms with Crippen LogP contribution >= 0.6 is 0 Å². The van der Waals surface area contributed by atoms with Gasteiger partial charge in [0, 0.05) is 25.6 Å². The molecule has 1 aromatic carbocycles. The third-order valence-corrected chi connectivity index (χ3v) is 4.72. The summed E-state index contributed by atoms with van der Waals surface area (Å²) in [5.74, 6) is 0.248. The number of fused-ring (bicyclic) bond motifs is 1. The van der Waals surface area contributed by atoms with Crippen LogP contribution in [-0.4, -0.2) is 50.8 Å². The van der Waals surface area contributed by atoms with Crippen molar-refractivity contribution in [3.63, 3.8) is 0 Å². The molecule has 0 atom stereocenters. The molecule has 0 radical (unpaired) electrons. The Hall–Kier alpha value is -2.77. The lowest BCUT2D eigenvalue weighted by molar-refractivity contribution is -0.133. The molecule has 1 fully saturated rings. The van der Waals surface area contributed by atoms with Crippen LogP contribution in [-0.2, 0) is 16.1 Å². The minimum Gasteiger partial charge on any atom is -0.352 e. The van der Waals surface area contributed by atoms with E-state index in [4.69, 9.17) is 0 Å². The van der Waals surface area contributed by atoms with Crippen LogP contribution in [0, 0.1) is 5.92 Å². The summed E-state index contributed by atoms with van der Waals surface area (Å²) in [4.78, 5) is 38.7. The first-order chi connectivity index (χ1) is 12.9. The standard InChI is InChI=1S/C19H25N5O3/c1-13(2)11-18(26)23-9-7-14(8-10-23)20-17(25)12-24-19(27)15-5-3-4-6-16(15)21-22-24/h3-6,13-14H,7-12H2,1-2H3,(H,20,25). The predicted octanol–water partition coefficient (Wildman–Crippen LogP) is 0.945. The highest BCUT2D eigenvalue weighted by molar-refractivity contribution is 5.79. The zero-order valence-corrected chi connectivity index (χ0v) is 15.7. The minimum absolute atomic E-state index is 0.00437. The Morgan fingerprint density at radius 1 is 1.22 bits per heavy atom. The Morgan fingerprint density at radius 2 is 1.93 bits per heavy atom. The summed E-state index contributed by atoms with van der Waals surface area (Å²) in [6.07, 6.45) is 1.99. The molecule has 27 heavy (non-hydrogen) atoms. The number of nitrogens with zero attached hydrogens (tertiary/aromatic N) is 4. The number of carbonyl (C=O) groups is 2. The van der Waals surface area contributed by atoms with Gasteiger partial charge in [0.1, 0.15) is 12.1 Å². The van der Waals surface area contributed by atoms with Crippen LogP contribution in [0.1, 0.15) is 33.1 Å². The van der Waals surface area contributed by atoms with Gasteiger partial charge in [0.25, 0.3) is 5.56 Å². The van der Waals surface area contributed by atoms with Gasteiger partial charge in [0.15, 0.2) is 0 Å². The van der Waals surface area contributed by atoms with Crippen LogP contribution in [0.4, 0.5) is 0 Å². The van der Waals surface area contributed by atoms with Crippen LogP contribution in [0.15, 0.2) is 29.1 Å². The van der Waals surface area contributed by atoms with Gasteiger partial charge in [-0.3, -0.25) is 14.4 Å². The fraction of sp³-hybridized carbons (Fsp3) is 0.526. The van der Waals surface area contributed by atoms with E-state index < -0.39 is 0 Å². The highest BCUT2D eigenvalue weighted by Gasteiger charge is 2.24. The van der Waals surface area contributed by atoms with Crippen LogP contribution < -0.4 is 10.9 Å². The van der Waals surface area contributed by atoms with Gasteiger partial charge in [-0.25, -0.2) is 4.68 Å². The molecule has 8 nitrogen and oxygen atoms in total. The predicted molar refractivity (Wildman–Crippen MR) is 101 cm³/mol. The maximum atomic E-state index is 12.4. The lowest BCUT2D eigenvalue weighted by Gasteiger charge is -2.32. The first kappa shape index (κ1) is 19.0. The molecule has 1 saturated heterocycles. The van der Waals surface area contributed by atoms with Crippen molar-refractivity contribution < 1.29 is 9.59 Å². The fourth-order valence-corrected chi connectivity index (χ4v) is 3.29. The molecule has 0 saturated carbocycles. The lowest BCUT2D eigenvalue weighted by Crippen LogP contribution is -2.48. The number of hydrogen-bond acceptors (Lipinski definition) is 5. The second kappa shape index (κ2) is 8.28. The number of hydrogen-bond donors (Lipinski definition) is 1. The molecular weight excluding hydrogens is 346 g/mol. The molecule has 8 heteroatoms. The molecular formula is C19H25N5O3. The molecule has 0 spiro atoms. The van der Waals surface area contributed by atoms with Crippen LogP contribution in [0.3, 0.4) is 0 Å². The van der Waals surface area contributed by atoms with E-state index >= 15 is 0 Å². The highest BCUT2D eigenvalue weighted by atomic mass is 16.2. The zero-order chi connectivity index (χ0) is 19.4. The van der Waals surface area contributed by atoms with Gasteiger partial charge in [0.2, 0.25) is 11.8 Å². The average Bonchev–Trinajstić information content (AvgIpc) is 2.64. The van der Waals surface area contributed by atoms with Gasteiger partial charge in [0.05, 0.1) is 5.39 Å². The summed E-state index contributed by atoms with van der Waals surface area (Å²) in [5.41, 5.74) is 0.183. The molecule has 2 aromatic rings. The number of piperidine rings is 1. The van der Waals surface area contributed by atoms with Crippen molar-refractivity contribution in [1.82, 2.24) is 25.2 Å². The third kappa shape index (κ3) is 4.69. The van der Waals surface area contributed by atoms with Crippen LogP contribution in [0.25, 0.3) is 10.9 Å². The molecule has 0 aliphatic carbocycles. The Bertz CT molecular complexity index is 884. The number of nitrogens with one attached hydrogen (secondary N) is 1. The molecule has 2 amide bonds. The van der Waals surface area contributed by atoms with Crippen molar-refractivity contribution in [3.8, 4) is 0 Å². The summed E-state index contributed by atoms with van der Waals surface area (Å²) in [6, 6.07) is 6.92. The molecule has 2 heterocycles. The number of rotatable bonds is 5. The lowest BCUT2D eigenvalue weighted by atomic mass is 10.0. The highest BCUT2D eigenvalue weighted by Crippen LogP contribution is 2.13. The van der Waals surface area contributed by atoms with Gasteiger partial charge in [-0.1, -0.05) is 31.2 Å². The monoisotopic (exact) mass is 371 g/mol. The molecule has 1 N–H and O–H groups in total. The second-order valence-electron chi connectivity index (χ2n) is 7.39. The third-order valence-electron chi connectivity index (χ3n) is 4.72. The van der Waals surface area contributed by atoms with Gasteiger partial charge in [-0.2, -0.15) is 0 Å². The molecule has 0 bridgehead atoms. The molecule has 144 valence electrons. The number of aromatic nitrogens is 3. The summed E-state index contributed by atoms with van der Waals surface area (Å²) in [5, 5.41) is 11.2. The number of benzene rings is 1. The summed E-state index contributed by atoms with van der Waals surface area (Å²) >= 11 is 0. The molecule has 1 aliphatic rings. The Kier molecular flexibility index (Phi) is 5.83. The average molecular weight is 371 g/mol. The summed E-state index contributed by atoms with van der Waals surface area (Å²) < 4.78 is 1.08. The van der Waals surface area contributed by atoms with Gasteiger partial charge < -0.3 is 10.2 Å².